The lowest BCUT2D eigenvalue weighted by Crippen LogP contribution is -2.46. The third-order valence-electron chi connectivity index (χ3n) is 7.06. The lowest BCUT2D eigenvalue weighted by molar-refractivity contribution is -0.137. The van der Waals surface area contributed by atoms with Crippen LogP contribution < -0.4 is 10.2 Å². The van der Waals surface area contributed by atoms with Crippen molar-refractivity contribution in [1.29, 1.82) is 0 Å². The highest BCUT2D eigenvalue weighted by atomic mass is 32.2. The molecule has 3 aromatic carbocycles. The van der Waals surface area contributed by atoms with Crippen molar-refractivity contribution >= 4 is 21.4 Å². The summed E-state index contributed by atoms with van der Waals surface area (Å²) in [4.78, 5) is 17.4. The van der Waals surface area contributed by atoms with E-state index >= 15 is 0 Å². The van der Waals surface area contributed by atoms with E-state index in [9.17, 15) is 31.5 Å². The van der Waals surface area contributed by atoms with Crippen LogP contribution >= 0.6 is 0 Å². The Bertz CT molecular complexity index is 1390. The van der Waals surface area contributed by atoms with Crippen molar-refractivity contribution in [3.8, 4) is 0 Å². The summed E-state index contributed by atoms with van der Waals surface area (Å²) in [6, 6.07) is 17.8. The minimum atomic E-state index is -4.34. The van der Waals surface area contributed by atoms with Crippen LogP contribution in [-0.4, -0.2) is 62.9 Å². The van der Waals surface area contributed by atoms with Crippen molar-refractivity contribution in [2.45, 2.75) is 30.6 Å². The van der Waals surface area contributed by atoms with Gasteiger partial charge in [0.1, 0.15) is 0 Å². The number of carbonyl (C=O) groups is 1. The van der Waals surface area contributed by atoms with Crippen molar-refractivity contribution in [3.63, 3.8) is 0 Å². The van der Waals surface area contributed by atoms with Crippen molar-refractivity contribution < 1.29 is 31.5 Å². The number of nitrogens with one attached hydrogen (secondary N) is 1. The number of rotatable bonds is 9. The molecular formula is C29H32F3N3O4S. The molecule has 2 N–H and O–H groups in total. The van der Waals surface area contributed by atoms with Crippen molar-refractivity contribution in [1.82, 2.24) is 10.2 Å². The summed E-state index contributed by atoms with van der Waals surface area (Å²) in [5.74, 6) is -0.377. The Morgan fingerprint density at radius 3 is 2.05 bits per heavy atom. The van der Waals surface area contributed by atoms with E-state index in [4.69, 9.17) is 0 Å². The normalized spacial score (nSPS) is 15.6. The molecule has 0 radical (unpaired) electrons. The first-order valence-corrected chi connectivity index (χ1v) is 14.6. The summed E-state index contributed by atoms with van der Waals surface area (Å²) >= 11 is 0. The van der Waals surface area contributed by atoms with Gasteiger partial charge in [-0.1, -0.05) is 31.2 Å². The number of carbonyl (C=O) groups excluding carboxylic acids is 1. The minimum Gasteiger partial charge on any atom is -0.394 e. The highest BCUT2D eigenvalue weighted by Crippen LogP contribution is 2.29. The third kappa shape index (κ3) is 7.21. The molecular weight excluding hydrogens is 543 g/mol. The fourth-order valence-corrected chi connectivity index (χ4v) is 5.48. The maximum absolute atomic E-state index is 12.8. The van der Waals surface area contributed by atoms with Crippen LogP contribution in [-0.2, 0) is 22.6 Å². The molecule has 7 nitrogen and oxygen atoms in total. The molecule has 11 heteroatoms. The number of nitrogens with zero attached hydrogens (tertiary/aromatic N) is 2. The molecule has 1 fully saturated rings. The fourth-order valence-electron chi connectivity index (χ4n) is 4.60. The van der Waals surface area contributed by atoms with Crippen LogP contribution in [0.1, 0.15) is 40.0 Å². The average Bonchev–Trinajstić information content (AvgIpc) is 2.96. The molecule has 0 aliphatic carbocycles. The Balaban J connectivity index is 1.30. The monoisotopic (exact) mass is 575 g/mol. The molecule has 1 saturated heterocycles. The van der Waals surface area contributed by atoms with E-state index in [0.29, 0.717) is 17.7 Å². The predicted molar refractivity (Wildman–Crippen MR) is 147 cm³/mol. The first-order chi connectivity index (χ1) is 19.0. The number of aliphatic hydroxyl groups is 1. The second kappa shape index (κ2) is 12.4. The van der Waals surface area contributed by atoms with Crippen LogP contribution in [0.4, 0.5) is 18.9 Å². The second-order valence-corrected chi connectivity index (χ2v) is 12.0. The largest absolute Gasteiger partial charge is 0.416 e. The first-order valence-electron chi connectivity index (χ1n) is 13.0. The number of aliphatic hydroxyl groups excluding tert-OH is 1. The molecule has 1 aliphatic rings. The fraction of sp³-hybridized carbons (Fsp3) is 0.345. The van der Waals surface area contributed by atoms with E-state index in [2.05, 4.69) is 15.1 Å². The summed E-state index contributed by atoms with van der Waals surface area (Å²) in [6.07, 6.45) is -4.34. The van der Waals surface area contributed by atoms with Crippen LogP contribution in [0.2, 0.25) is 0 Å². The molecule has 0 aromatic heterocycles. The zero-order valence-corrected chi connectivity index (χ0v) is 22.9. The number of alkyl halides is 3. The van der Waals surface area contributed by atoms with E-state index in [1.165, 1.54) is 24.3 Å². The SMILES string of the molecule is CCS(=O)(=O)c1ccc(C(CO)NC(=O)c2ccc(N3CCN(Cc4ccc(C(F)(F)F)cc4)CC3)cc2)cc1. The Labute approximate surface area is 232 Å². The molecule has 1 atom stereocenters. The Hall–Kier alpha value is -3.41. The van der Waals surface area contributed by atoms with Crippen LogP contribution in [0.25, 0.3) is 0 Å². The highest BCUT2D eigenvalue weighted by Gasteiger charge is 2.30. The molecule has 0 bridgehead atoms. The third-order valence-corrected chi connectivity index (χ3v) is 8.81. The van der Waals surface area contributed by atoms with Crippen molar-refractivity contribution in [3.05, 3.63) is 95.1 Å². The number of benzene rings is 3. The van der Waals surface area contributed by atoms with Crippen LogP contribution in [0.15, 0.2) is 77.7 Å². The van der Waals surface area contributed by atoms with Gasteiger partial charge in [0.2, 0.25) is 0 Å². The number of anilines is 1. The van der Waals surface area contributed by atoms with Gasteiger partial charge in [-0.3, -0.25) is 9.69 Å². The number of amides is 1. The molecule has 3 aromatic rings. The molecule has 214 valence electrons. The van der Waals surface area contributed by atoms with Crippen LogP contribution in [0.5, 0.6) is 0 Å². The van der Waals surface area contributed by atoms with Gasteiger partial charge in [-0.15, -0.1) is 0 Å². The molecule has 1 aliphatic heterocycles. The summed E-state index contributed by atoms with van der Waals surface area (Å²) < 4.78 is 62.4. The number of sulfone groups is 1. The first kappa shape index (κ1) is 29.6. The van der Waals surface area contributed by atoms with Gasteiger partial charge >= 0.3 is 6.18 Å². The van der Waals surface area contributed by atoms with E-state index in [0.717, 1.165) is 49.6 Å². The Morgan fingerprint density at radius 1 is 0.925 bits per heavy atom. The molecule has 1 unspecified atom stereocenters. The number of halogens is 3. The van der Waals surface area contributed by atoms with E-state index in [1.54, 1.807) is 31.2 Å². The van der Waals surface area contributed by atoms with Gasteiger partial charge in [0.15, 0.2) is 9.84 Å². The lowest BCUT2D eigenvalue weighted by Gasteiger charge is -2.36. The number of hydrogen-bond donors (Lipinski definition) is 2. The molecule has 4 rings (SSSR count). The minimum absolute atomic E-state index is 0.0130. The Kier molecular flexibility index (Phi) is 9.17. The van der Waals surface area contributed by atoms with Gasteiger partial charge in [0.05, 0.1) is 28.9 Å². The second-order valence-electron chi connectivity index (χ2n) is 9.69. The Morgan fingerprint density at radius 2 is 1.52 bits per heavy atom. The molecule has 0 saturated carbocycles. The molecule has 1 heterocycles. The topological polar surface area (TPSA) is 89.9 Å². The van der Waals surface area contributed by atoms with Gasteiger partial charge < -0.3 is 15.3 Å². The van der Waals surface area contributed by atoms with Gasteiger partial charge in [-0.2, -0.15) is 13.2 Å². The van der Waals surface area contributed by atoms with Gasteiger partial charge in [0.25, 0.3) is 5.91 Å². The smallest absolute Gasteiger partial charge is 0.394 e. The maximum Gasteiger partial charge on any atom is 0.416 e. The van der Waals surface area contributed by atoms with Gasteiger partial charge in [0, 0.05) is 44.0 Å². The predicted octanol–water partition coefficient (Wildman–Crippen LogP) is 4.28. The zero-order valence-electron chi connectivity index (χ0n) is 22.1. The summed E-state index contributed by atoms with van der Waals surface area (Å²) in [6.45, 7) is 4.78. The molecule has 1 amide bonds. The molecule has 40 heavy (non-hydrogen) atoms. The van der Waals surface area contributed by atoms with Crippen LogP contribution in [0, 0.1) is 0 Å². The van der Waals surface area contributed by atoms with E-state index < -0.39 is 27.6 Å². The van der Waals surface area contributed by atoms with Crippen molar-refractivity contribution in [2.75, 3.05) is 43.4 Å². The van der Waals surface area contributed by atoms with E-state index in [1.807, 2.05) is 12.1 Å². The zero-order chi connectivity index (χ0) is 28.9. The number of hydrogen-bond acceptors (Lipinski definition) is 6. The van der Waals surface area contributed by atoms with E-state index in [-0.39, 0.29) is 23.2 Å². The average molecular weight is 576 g/mol. The quantitative estimate of drug-likeness (QED) is 0.396. The van der Waals surface area contributed by atoms with Crippen LogP contribution in [0.3, 0.4) is 0 Å². The highest BCUT2D eigenvalue weighted by molar-refractivity contribution is 7.91. The van der Waals surface area contributed by atoms with Gasteiger partial charge in [-0.25, -0.2) is 8.42 Å². The summed E-state index contributed by atoms with van der Waals surface area (Å²) in [5.41, 5.74) is 2.16. The molecule has 0 spiro atoms. The number of piperazine rings is 1. The lowest BCUT2D eigenvalue weighted by atomic mass is 10.1. The summed E-state index contributed by atoms with van der Waals surface area (Å²) in [7, 11) is -3.34. The van der Waals surface area contributed by atoms with Crippen molar-refractivity contribution in [2.24, 2.45) is 0 Å². The standard InChI is InChI=1S/C29H32F3N3O4S/c1-2-40(38,39)26-13-7-22(8-14-26)27(20-36)33-28(37)23-5-11-25(12-6-23)35-17-15-34(16-18-35)19-21-3-9-24(10-4-21)29(30,31)32/h3-14,27,36H,2,15-20H2,1H3,(H,33,37). The van der Waals surface area contributed by atoms with Gasteiger partial charge in [-0.05, 0) is 59.7 Å². The summed E-state index contributed by atoms with van der Waals surface area (Å²) in [5, 5.41) is 12.6. The maximum atomic E-state index is 12.8.